The normalized spacial score (nSPS) is 11.6. The fraction of sp³-hybridized carbons (Fsp3) is 0. The van der Waals surface area contributed by atoms with E-state index in [4.69, 9.17) is 20.9 Å². The number of nitrogens with one attached hydrogen (secondary N) is 1. The minimum absolute atomic E-state index is 0.543. The highest BCUT2D eigenvalue weighted by molar-refractivity contribution is 8.12. The quantitative estimate of drug-likeness (QED) is 0.329. The molecular weight excluding hydrogens is 444 g/mol. The fourth-order valence-corrected chi connectivity index (χ4v) is 9.51. The largest absolute Gasteiger partial charge is 0.424 e. The third-order valence-corrected chi connectivity index (χ3v) is 10.7. The van der Waals surface area contributed by atoms with Crippen LogP contribution < -0.4 is 24.5 Å². The predicted molar refractivity (Wildman–Crippen MR) is 131 cm³/mol. The van der Waals surface area contributed by atoms with Gasteiger partial charge in [0.2, 0.25) is 7.29 Å². The van der Waals surface area contributed by atoms with Crippen LogP contribution in [0.1, 0.15) is 0 Å². The maximum Gasteiger partial charge on any atom is 0.371 e. The highest BCUT2D eigenvalue weighted by atomic mass is 32.5. The topological polar surface area (TPSA) is 47.6 Å². The van der Waals surface area contributed by atoms with E-state index in [9.17, 15) is 4.57 Å². The summed E-state index contributed by atoms with van der Waals surface area (Å²) < 4.78 is 26.8. The molecule has 4 nitrogen and oxygen atoms in total. The van der Waals surface area contributed by atoms with Crippen LogP contribution in [0.15, 0.2) is 121 Å². The Bertz CT molecular complexity index is 1120. The smallest absolute Gasteiger partial charge is 0.371 e. The molecule has 0 fully saturated rings. The summed E-state index contributed by atoms with van der Waals surface area (Å²) in [5.41, 5.74) is 0. The Morgan fingerprint density at radius 1 is 0.548 bits per heavy atom. The molecule has 1 N–H and O–H groups in total. The lowest BCUT2D eigenvalue weighted by Gasteiger charge is -2.29. The molecule has 0 aromatic heterocycles. The highest BCUT2D eigenvalue weighted by Gasteiger charge is 2.37. The van der Waals surface area contributed by atoms with Gasteiger partial charge in [0.05, 0.1) is 0 Å². The van der Waals surface area contributed by atoms with Crippen LogP contribution in [0.3, 0.4) is 0 Å². The Morgan fingerprint density at radius 2 is 0.871 bits per heavy atom. The van der Waals surface area contributed by atoms with Gasteiger partial charge in [-0.15, -0.1) is 0 Å². The van der Waals surface area contributed by atoms with Crippen molar-refractivity contribution in [1.82, 2.24) is 4.86 Å². The number of rotatable bonds is 8. The van der Waals surface area contributed by atoms with E-state index in [0.29, 0.717) is 22.1 Å². The molecule has 0 amide bonds. The summed E-state index contributed by atoms with van der Waals surface area (Å²) >= 11 is 5.90. The van der Waals surface area contributed by atoms with Gasteiger partial charge in [-0.1, -0.05) is 72.8 Å². The molecular formula is C24H21NO3P2S. The van der Waals surface area contributed by atoms with Crippen molar-refractivity contribution >= 4 is 36.4 Å². The van der Waals surface area contributed by atoms with Crippen molar-refractivity contribution in [3.63, 3.8) is 0 Å². The van der Waals surface area contributed by atoms with Crippen LogP contribution in [-0.4, -0.2) is 0 Å². The number of hydrogen-bond acceptors (Lipinski definition) is 4. The molecule has 4 aromatic carbocycles. The van der Waals surface area contributed by atoms with E-state index in [2.05, 4.69) is 4.86 Å². The van der Waals surface area contributed by atoms with Gasteiger partial charge in [-0.25, -0.2) is 0 Å². The zero-order valence-corrected chi connectivity index (χ0v) is 19.2. The Morgan fingerprint density at radius 3 is 1.23 bits per heavy atom. The fourth-order valence-electron chi connectivity index (χ4n) is 3.01. The van der Waals surface area contributed by atoms with Crippen molar-refractivity contribution in [1.29, 1.82) is 0 Å². The van der Waals surface area contributed by atoms with Crippen molar-refractivity contribution in [3.05, 3.63) is 121 Å². The van der Waals surface area contributed by atoms with E-state index in [0.717, 1.165) is 0 Å². The second kappa shape index (κ2) is 9.64. The van der Waals surface area contributed by atoms with E-state index < -0.39 is 13.9 Å². The van der Waals surface area contributed by atoms with Crippen LogP contribution in [0.4, 0.5) is 0 Å². The standard InChI is InChI=1S/C24H21NO3P2S/c26-29(23-17-9-3-10-18-23,24-19-11-4-12-20-24)25-30(31,27-21-13-5-1-6-14-21)28-22-15-7-2-8-16-22/h1-20H,(H,25,26,31). The zero-order valence-electron chi connectivity index (χ0n) is 16.6. The molecule has 0 heterocycles. The molecule has 0 bridgehead atoms. The molecule has 7 heteroatoms. The summed E-state index contributed by atoms with van der Waals surface area (Å²) in [6.07, 6.45) is 0. The Labute approximate surface area is 187 Å². The SMILES string of the molecule is O=P(NP(=S)(Oc1ccccc1)Oc1ccccc1)(c1ccccc1)c1ccccc1. The lowest BCUT2D eigenvalue weighted by molar-refractivity contribution is 0.480. The van der Waals surface area contributed by atoms with E-state index in [1.165, 1.54) is 0 Å². The lowest BCUT2D eigenvalue weighted by Crippen LogP contribution is -2.28. The predicted octanol–water partition coefficient (Wildman–Crippen LogP) is 5.89. The van der Waals surface area contributed by atoms with Crippen molar-refractivity contribution in [2.24, 2.45) is 0 Å². The van der Waals surface area contributed by atoms with Crippen molar-refractivity contribution < 1.29 is 13.6 Å². The maximum atomic E-state index is 14.5. The first-order chi connectivity index (χ1) is 15.1. The third-order valence-electron chi connectivity index (χ3n) is 4.44. The van der Waals surface area contributed by atoms with Gasteiger partial charge >= 0.3 is 6.64 Å². The molecule has 0 aliphatic heterocycles. The van der Waals surface area contributed by atoms with Crippen molar-refractivity contribution in [3.8, 4) is 11.5 Å². The summed E-state index contributed by atoms with van der Waals surface area (Å²) in [7, 11) is -3.37. The Kier molecular flexibility index (Phi) is 6.70. The number of benzene rings is 4. The molecule has 4 rings (SSSR count). The van der Waals surface area contributed by atoms with Gasteiger partial charge in [-0.2, -0.15) is 4.86 Å². The van der Waals surface area contributed by atoms with Gasteiger partial charge in [0.1, 0.15) is 11.5 Å². The summed E-state index contributed by atoms with van der Waals surface area (Å²) in [5, 5.41) is 1.26. The van der Waals surface area contributed by atoms with Gasteiger partial charge in [-0.3, -0.25) is 4.57 Å². The monoisotopic (exact) mass is 465 g/mol. The van der Waals surface area contributed by atoms with Gasteiger partial charge < -0.3 is 9.05 Å². The summed E-state index contributed by atoms with van der Waals surface area (Å²) in [4.78, 5) is 3.17. The molecule has 0 aliphatic rings. The van der Waals surface area contributed by atoms with Crippen LogP contribution in [0.2, 0.25) is 0 Å². The molecule has 0 atom stereocenters. The highest BCUT2D eigenvalue weighted by Crippen LogP contribution is 2.55. The molecule has 0 aliphatic carbocycles. The molecule has 156 valence electrons. The minimum atomic E-state index is -3.37. The van der Waals surface area contributed by atoms with Crippen LogP contribution in [-0.2, 0) is 16.4 Å². The first kappa shape index (κ1) is 21.5. The van der Waals surface area contributed by atoms with Crippen LogP contribution in [0.25, 0.3) is 0 Å². The summed E-state index contributed by atoms with van der Waals surface area (Å²) in [5.74, 6) is 1.09. The Hall–Kier alpha value is -2.68. The molecule has 0 unspecified atom stereocenters. The van der Waals surface area contributed by atoms with Gasteiger partial charge in [0.25, 0.3) is 0 Å². The second-order valence-electron chi connectivity index (χ2n) is 6.69. The molecule has 0 spiro atoms. The van der Waals surface area contributed by atoms with Gasteiger partial charge in [-0.05, 0) is 48.5 Å². The lowest BCUT2D eigenvalue weighted by atomic mass is 10.3. The van der Waals surface area contributed by atoms with Gasteiger partial charge in [0, 0.05) is 22.4 Å². The summed E-state index contributed by atoms with van der Waals surface area (Å²) in [6.45, 7) is -3.30. The second-order valence-corrected chi connectivity index (χ2v) is 12.5. The minimum Gasteiger partial charge on any atom is -0.424 e. The number of hydrogen-bond donors (Lipinski definition) is 1. The van der Waals surface area contributed by atoms with E-state index >= 15 is 0 Å². The maximum absolute atomic E-state index is 14.5. The third kappa shape index (κ3) is 5.33. The molecule has 0 radical (unpaired) electrons. The zero-order chi connectivity index (χ0) is 21.6. The molecule has 31 heavy (non-hydrogen) atoms. The Balaban J connectivity index is 1.79. The average Bonchev–Trinajstić information content (AvgIpc) is 2.81. The molecule has 0 saturated heterocycles. The van der Waals surface area contributed by atoms with E-state index in [-0.39, 0.29) is 0 Å². The van der Waals surface area contributed by atoms with Crippen molar-refractivity contribution in [2.75, 3.05) is 0 Å². The van der Waals surface area contributed by atoms with Crippen LogP contribution >= 0.6 is 13.9 Å². The van der Waals surface area contributed by atoms with Crippen LogP contribution in [0, 0.1) is 0 Å². The molecule has 0 saturated carbocycles. The molecule has 4 aromatic rings. The first-order valence-corrected chi connectivity index (χ1v) is 14.0. The van der Waals surface area contributed by atoms with Gasteiger partial charge in [0.15, 0.2) is 0 Å². The first-order valence-electron chi connectivity index (χ1n) is 9.68. The van der Waals surface area contributed by atoms with E-state index in [1.807, 2.05) is 97.1 Å². The number of para-hydroxylation sites is 2. The summed E-state index contributed by atoms with van der Waals surface area (Å²) in [6, 6.07) is 36.9. The van der Waals surface area contributed by atoms with Crippen molar-refractivity contribution in [2.45, 2.75) is 0 Å². The van der Waals surface area contributed by atoms with E-state index in [1.54, 1.807) is 24.3 Å². The average molecular weight is 465 g/mol. The van der Waals surface area contributed by atoms with Crippen LogP contribution in [0.5, 0.6) is 11.5 Å².